The minimum Gasteiger partial charge on any atom is -0.384 e. The maximum absolute atomic E-state index is 11.9. The topological polar surface area (TPSA) is 75.5 Å². The van der Waals surface area contributed by atoms with Crippen molar-refractivity contribution in [2.45, 2.75) is 27.2 Å². The molecule has 116 valence electrons. The fraction of sp³-hybridized carbons (Fsp3) is 0.500. The second-order valence-electron chi connectivity index (χ2n) is 4.62. The Morgan fingerprint density at radius 1 is 1.38 bits per heavy atom. The van der Waals surface area contributed by atoms with Crippen LogP contribution in [0.3, 0.4) is 0 Å². The predicted molar refractivity (Wildman–Crippen MR) is 86.6 cm³/mol. The lowest BCUT2D eigenvalue weighted by Crippen LogP contribution is -2.31. The normalized spacial score (nSPS) is 10.3. The van der Waals surface area contributed by atoms with E-state index in [2.05, 4.69) is 21.2 Å². The number of halogens is 1. The largest absolute Gasteiger partial charge is 0.384 e. The van der Waals surface area contributed by atoms with Gasteiger partial charge in [0.15, 0.2) is 0 Å². The quantitative estimate of drug-likeness (QED) is 0.599. The molecule has 0 spiro atoms. The maximum atomic E-state index is 11.9. The first-order valence-electron chi connectivity index (χ1n) is 6.86. The Morgan fingerprint density at radius 2 is 2.00 bits per heavy atom. The number of nitrogens with one attached hydrogen (secondary N) is 1. The molecule has 0 bridgehead atoms. The summed E-state index contributed by atoms with van der Waals surface area (Å²) in [6.45, 7) is 7.49. The monoisotopic (exact) mass is 357 g/mol. The van der Waals surface area contributed by atoms with E-state index in [0.29, 0.717) is 36.1 Å². The summed E-state index contributed by atoms with van der Waals surface area (Å²) in [6.07, 6.45) is 0.393. The predicted octanol–water partition coefficient (Wildman–Crippen LogP) is 3.34. The number of anilines is 1. The third-order valence-corrected chi connectivity index (χ3v) is 3.91. The van der Waals surface area contributed by atoms with Crippen LogP contribution in [0.15, 0.2) is 16.6 Å². The zero-order valence-electron chi connectivity index (χ0n) is 12.5. The first-order valence-corrected chi connectivity index (χ1v) is 7.66. The van der Waals surface area contributed by atoms with Crippen molar-refractivity contribution in [1.29, 1.82) is 0 Å². The zero-order chi connectivity index (χ0) is 16.0. The Hall–Kier alpha value is -1.63. The van der Waals surface area contributed by atoms with Crippen LogP contribution < -0.4 is 5.32 Å². The SMILES string of the molecule is CCN(CC)C(=O)CCNc1cc(C)c([N+](=O)[O-])cc1Br. The van der Waals surface area contributed by atoms with Crippen LogP contribution >= 0.6 is 15.9 Å². The van der Waals surface area contributed by atoms with E-state index in [4.69, 9.17) is 0 Å². The van der Waals surface area contributed by atoms with Crippen LogP contribution in [0.1, 0.15) is 25.8 Å². The Labute approximate surface area is 132 Å². The van der Waals surface area contributed by atoms with E-state index in [1.54, 1.807) is 17.9 Å². The van der Waals surface area contributed by atoms with Gasteiger partial charge in [-0.25, -0.2) is 0 Å². The number of carbonyl (C=O) groups is 1. The molecule has 0 aromatic heterocycles. The summed E-state index contributed by atoms with van der Waals surface area (Å²) in [4.78, 5) is 24.1. The number of hydrogen-bond donors (Lipinski definition) is 1. The Bertz CT molecular complexity index is 530. The molecule has 0 aliphatic heterocycles. The highest BCUT2D eigenvalue weighted by atomic mass is 79.9. The molecule has 0 radical (unpaired) electrons. The molecular weight excluding hydrogens is 338 g/mol. The molecule has 21 heavy (non-hydrogen) atoms. The number of benzene rings is 1. The average molecular weight is 358 g/mol. The van der Waals surface area contributed by atoms with Gasteiger partial charge in [0, 0.05) is 47.8 Å². The molecule has 0 heterocycles. The molecule has 0 atom stereocenters. The smallest absolute Gasteiger partial charge is 0.273 e. The van der Waals surface area contributed by atoms with Gasteiger partial charge in [0.25, 0.3) is 5.69 Å². The molecule has 7 heteroatoms. The molecule has 1 aromatic rings. The van der Waals surface area contributed by atoms with Gasteiger partial charge in [-0.2, -0.15) is 0 Å². The second-order valence-corrected chi connectivity index (χ2v) is 5.47. The van der Waals surface area contributed by atoms with Gasteiger partial charge in [0.2, 0.25) is 5.91 Å². The van der Waals surface area contributed by atoms with Crippen LogP contribution in [0.4, 0.5) is 11.4 Å². The van der Waals surface area contributed by atoms with Gasteiger partial charge in [-0.05, 0) is 42.8 Å². The fourth-order valence-electron chi connectivity index (χ4n) is 2.04. The molecule has 6 nitrogen and oxygen atoms in total. The number of nitro benzene ring substituents is 1. The molecule has 0 unspecified atom stereocenters. The summed E-state index contributed by atoms with van der Waals surface area (Å²) in [6, 6.07) is 3.19. The number of hydrogen-bond acceptors (Lipinski definition) is 4. The van der Waals surface area contributed by atoms with Gasteiger partial charge >= 0.3 is 0 Å². The summed E-state index contributed by atoms with van der Waals surface area (Å²) in [5.74, 6) is 0.0993. The first-order chi connectivity index (χ1) is 9.90. The van der Waals surface area contributed by atoms with Crippen LogP contribution in [0.2, 0.25) is 0 Å². The van der Waals surface area contributed by atoms with Gasteiger partial charge in [-0.15, -0.1) is 0 Å². The summed E-state index contributed by atoms with van der Waals surface area (Å²) < 4.78 is 0.620. The minimum atomic E-state index is -0.409. The lowest BCUT2D eigenvalue weighted by molar-refractivity contribution is -0.385. The van der Waals surface area contributed by atoms with Gasteiger partial charge in [0.05, 0.1) is 4.92 Å². The van der Waals surface area contributed by atoms with E-state index >= 15 is 0 Å². The molecular formula is C14H20BrN3O3. The fourth-order valence-corrected chi connectivity index (χ4v) is 2.51. The molecule has 0 aliphatic carbocycles. The molecule has 0 aliphatic rings. The molecule has 1 rings (SSSR count). The lowest BCUT2D eigenvalue weighted by Gasteiger charge is -2.19. The van der Waals surface area contributed by atoms with E-state index in [1.165, 1.54) is 6.07 Å². The van der Waals surface area contributed by atoms with Crippen LogP contribution in [-0.2, 0) is 4.79 Å². The third-order valence-electron chi connectivity index (χ3n) is 3.25. The van der Waals surface area contributed by atoms with E-state index in [9.17, 15) is 14.9 Å². The Kier molecular flexibility index (Phi) is 6.61. The highest BCUT2D eigenvalue weighted by Crippen LogP contribution is 2.30. The minimum absolute atomic E-state index is 0.0756. The zero-order valence-corrected chi connectivity index (χ0v) is 14.1. The van der Waals surface area contributed by atoms with Crippen LogP contribution in [0, 0.1) is 17.0 Å². The molecule has 0 saturated heterocycles. The van der Waals surface area contributed by atoms with Crippen molar-refractivity contribution in [2.75, 3.05) is 25.0 Å². The van der Waals surface area contributed by atoms with Gasteiger partial charge in [-0.1, -0.05) is 0 Å². The van der Waals surface area contributed by atoms with E-state index in [1.807, 2.05) is 13.8 Å². The van der Waals surface area contributed by atoms with Crippen molar-refractivity contribution in [3.63, 3.8) is 0 Å². The molecule has 1 N–H and O–H groups in total. The van der Waals surface area contributed by atoms with Gasteiger partial charge < -0.3 is 10.2 Å². The second kappa shape index (κ2) is 7.97. The van der Waals surface area contributed by atoms with Crippen LogP contribution in [-0.4, -0.2) is 35.4 Å². The number of nitrogens with zero attached hydrogens (tertiary/aromatic N) is 2. The Morgan fingerprint density at radius 3 is 2.52 bits per heavy atom. The molecule has 1 aromatic carbocycles. The van der Waals surface area contributed by atoms with Crippen molar-refractivity contribution >= 4 is 33.2 Å². The van der Waals surface area contributed by atoms with Crippen molar-refractivity contribution in [3.8, 4) is 0 Å². The number of nitro groups is 1. The number of amides is 1. The summed E-state index contributed by atoms with van der Waals surface area (Å²) >= 11 is 3.31. The third kappa shape index (κ3) is 4.70. The highest BCUT2D eigenvalue weighted by Gasteiger charge is 2.14. The summed E-state index contributed by atoms with van der Waals surface area (Å²) in [5, 5.41) is 14.0. The van der Waals surface area contributed by atoms with Gasteiger partial charge in [-0.3, -0.25) is 14.9 Å². The van der Waals surface area contributed by atoms with Crippen LogP contribution in [0.5, 0.6) is 0 Å². The van der Waals surface area contributed by atoms with Crippen LogP contribution in [0.25, 0.3) is 0 Å². The molecule has 0 saturated carbocycles. The van der Waals surface area contributed by atoms with Crippen molar-refractivity contribution in [2.24, 2.45) is 0 Å². The van der Waals surface area contributed by atoms with E-state index in [-0.39, 0.29) is 11.6 Å². The highest BCUT2D eigenvalue weighted by molar-refractivity contribution is 9.10. The Balaban J connectivity index is 2.66. The lowest BCUT2D eigenvalue weighted by atomic mass is 10.2. The van der Waals surface area contributed by atoms with Crippen molar-refractivity contribution in [3.05, 3.63) is 32.3 Å². The molecule has 1 amide bonds. The summed E-state index contributed by atoms with van der Waals surface area (Å²) in [5.41, 5.74) is 1.41. The number of carbonyl (C=O) groups excluding carboxylic acids is 1. The van der Waals surface area contributed by atoms with E-state index in [0.717, 1.165) is 5.69 Å². The van der Waals surface area contributed by atoms with E-state index < -0.39 is 4.92 Å². The molecule has 0 fully saturated rings. The van der Waals surface area contributed by atoms with Crippen molar-refractivity contribution in [1.82, 2.24) is 4.90 Å². The first kappa shape index (κ1) is 17.4. The van der Waals surface area contributed by atoms with Gasteiger partial charge in [0.1, 0.15) is 0 Å². The summed E-state index contributed by atoms with van der Waals surface area (Å²) in [7, 11) is 0. The number of rotatable bonds is 7. The average Bonchev–Trinajstić information content (AvgIpc) is 2.43. The maximum Gasteiger partial charge on any atom is 0.273 e. The standard InChI is InChI=1S/C14H20BrN3O3/c1-4-17(5-2)14(19)6-7-16-12-8-10(3)13(18(20)21)9-11(12)15/h8-9,16H,4-7H2,1-3H3. The number of aryl methyl sites for hydroxylation is 1. The van der Waals surface area contributed by atoms with Crippen molar-refractivity contribution < 1.29 is 9.72 Å².